The van der Waals surface area contributed by atoms with E-state index >= 15 is 0 Å². The van der Waals surface area contributed by atoms with Gasteiger partial charge in [-0.25, -0.2) is 0 Å². The average molecular weight is 221 g/mol. The molecule has 0 bridgehead atoms. The van der Waals surface area contributed by atoms with Crippen LogP contribution in [0.5, 0.6) is 0 Å². The summed E-state index contributed by atoms with van der Waals surface area (Å²) in [7, 11) is 0. The zero-order valence-electron chi connectivity index (χ0n) is 8.97. The number of rotatable bonds is 4. The van der Waals surface area contributed by atoms with E-state index < -0.39 is 0 Å². The maximum Gasteiger partial charge on any atom is 0.0991 e. The molecule has 0 saturated carbocycles. The summed E-state index contributed by atoms with van der Waals surface area (Å²) in [5.41, 5.74) is 1.82. The molecule has 0 spiro atoms. The van der Waals surface area contributed by atoms with Crippen LogP contribution in [0.3, 0.4) is 0 Å². The van der Waals surface area contributed by atoms with Gasteiger partial charge in [0.1, 0.15) is 0 Å². The molecule has 0 aromatic heterocycles. The smallest absolute Gasteiger partial charge is 0.0991 e. The molecule has 1 N–H and O–H groups in total. The van der Waals surface area contributed by atoms with Gasteiger partial charge >= 0.3 is 0 Å². The van der Waals surface area contributed by atoms with Crippen molar-refractivity contribution in [1.29, 1.82) is 5.26 Å². The maximum atomic E-state index is 9.33. The predicted octanol–water partition coefficient (Wildman–Crippen LogP) is 2.56. The molecule has 0 heterocycles. The van der Waals surface area contributed by atoms with Crippen molar-refractivity contribution in [3.05, 3.63) is 35.4 Å². The van der Waals surface area contributed by atoms with E-state index in [1.165, 1.54) is 0 Å². The summed E-state index contributed by atoms with van der Waals surface area (Å²) < 4.78 is 0. The summed E-state index contributed by atoms with van der Waals surface area (Å²) in [4.78, 5) is 0. The number of aliphatic hydroxyl groups is 1. The molecule has 80 valence electrons. The Morgan fingerprint density at radius 3 is 2.80 bits per heavy atom. The molecule has 0 saturated heterocycles. The maximum absolute atomic E-state index is 9.33. The van der Waals surface area contributed by atoms with Gasteiger partial charge in [-0.1, -0.05) is 19.1 Å². The van der Waals surface area contributed by atoms with Gasteiger partial charge in [-0.15, -0.1) is 0 Å². The molecule has 1 rings (SSSR count). The van der Waals surface area contributed by atoms with E-state index in [-0.39, 0.29) is 11.4 Å². The van der Waals surface area contributed by atoms with E-state index in [9.17, 15) is 5.11 Å². The molecule has 0 fully saturated rings. The summed E-state index contributed by atoms with van der Waals surface area (Å²) in [6, 6.07) is 9.70. The van der Waals surface area contributed by atoms with Crippen molar-refractivity contribution in [3.8, 4) is 6.07 Å². The van der Waals surface area contributed by atoms with Crippen molar-refractivity contribution in [2.75, 3.05) is 0 Å². The SMILES string of the molecule is C[C@H](O)[C@H](C)SCc1cccc(C#N)c1. The first kappa shape index (κ1) is 12.1. The molecule has 3 heteroatoms. The number of nitriles is 1. The van der Waals surface area contributed by atoms with Crippen molar-refractivity contribution < 1.29 is 5.11 Å². The first-order valence-electron chi connectivity index (χ1n) is 4.92. The zero-order valence-corrected chi connectivity index (χ0v) is 9.79. The van der Waals surface area contributed by atoms with Crippen molar-refractivity contribution in [2.24, 2.45) is 0 Å². The molecule has 0 radical (unpaired) electrons. The summed E-state index contributed by atoms with van der Waals surface area (Å²) in [5.74, 6) is 0.835. The third-order valence-electron chi connectivity index (χ3n) is 2.25. The van der Waals surface area contributed by atoms with Crippen LogP contribution >= 0.6 is 11.8 Å². The Kier molecular flexibility index (Phi) is 4.67. The van der Waals surface area contributed by atoms with Crippen LogP contribution in [0.1, 0.15) is 25.0 Å². The fourth-order valence-electron chi connectivity index (χ4n) is 1.10. The van der Waals surface area contributed by atoms with Gasteiger partial charge in [-0.2, -0.15) is 17.0 Å². The molecular formula is C12H15NOS. The van der Waals surface area contributed by atoms with Gasteiger partial charge in [0.15, 0.2) is 0 Å². The van der Waals surface area contributed by atoms with Crippen LogP contribution in [0.2, 0.25) is 0 Å². The lowest BCUT2D eigenvalue weighted by Crippen LogP contribution is -2.15. The van der Waals surface area contributed by atoms with E-state index in [4.69, 9.17) is 5.26 Å². The molecule has 0 aliphatic carbocycles. The van der Waals surface area contributed by atoms with Crippen LogP contribution in [-0.4, -0.2) is 16.5 Å². The van der Waals surface area contributed by atoms with E-state index in [1.807, 2.05) is 25.1 Å². The molecule has 1 aromatic rings. The molecule has 0 aliphatic rings. The molecule has 2 atom stereocenters. The van der Waals surface area contributed by atoms with Crippen LogP contribution in [0.25, 0.3) is 0 Å². The number of hydrogen-bond donors (Lipinski definition) is 1. The van der Waals surface area contributed by atoms with Gasteiger partial charge in [0.05, 0.1) is 17.7 Å². The lowest BCUT2D eigenvalue weighted by atomic mass is 10.2. The van der Waals surface area contributed by atoms with Gasteiger partial charge in [0.25, 0.3) is 0 Å². The minimum Gasteiger partial charge on any atom is -0.392 e. The van der Waals surface area contributed by atoms with Gasteiger partial charge in [0, 0.05) is 11.0 Å². The van der Waals surface area contributed by atoms with E-state index in [0.29, 0.717) is 5.56 Å². The highest BCUT2D eigenvalue weighted by molar-refractivity contribution is 7.99. The zero-order chi connectivity index (χ0) is 11.3. The molecule has 0 amide bonds. The van der Waals surface area contributed by atoms with Crippen LogP contribution in [-0.2, 0) is 5.75 Å². The van der Waals surface area contributed by atoms with Gasteiger partial charge in [-0.3, -0.25) is 0 Å². The molecule has 0 unspecified atom stereocenters. The van der Waals surface area contributed by atoms with Crippen LogP contribution in [0.15, 0.2) is 24.3 Å². The lowest BCUT2D eigenvalue weighted by molar-refractivity contribution is 0.196. The fraction of sp³-hybridized carbons (Fsp3) is 0.417. The second-order valence-corrected chi connectivity index (χ2v) is 4.93. The summed E-state index contributed by atoms with van der Waals surface area (Å²) >= 11 is 1.70. The fourth-order valence-corrected chi connectivity index (χ4v) is 2.01. The average Bonchev–Trinajstić information content (AvgIpc) is 2.26. The van der Waals surface area contributed by atoms with Crippen molar-refractivity contribution in [1.82, 2.24) is 0 Å². The van der Waals surface area contributed by atoms with Gasteiger partial charge in [0.2, 0.25) is 0 Å². The molecule has 1 aromatic carbocycles. The number of nitrogens with zero attached hydrogens (tertiary/aromatic N) is 1. The first-order valence-corrected chi connectivity index (χ1v) is 5.97. The van der Waals surface area contributed by atoms with Gasteiger partial charge < -0.3 is 5.11 Å². The Bertz CT molecular complexity index is 357. The quantitative estimate of drug-likeness (QED) is 0.849. The third-order valence-corrected chi connectivity index (χ3v) is 3.67. The molecule has 15 heavy (non-hydrogen) atoms. The minimum atomic E-state index is -0.297. The Hall–Kier alpha value is -0.980. The number of thioether (sulfide) groups is 1. The van der Waals surface area contributed by atoms with Crippen molar-refractivity contribution in [2.45, 2.75) is 31.0 Å². The second kappa shape index (κ2) is 5.79. The highest BCUT2D eigenvalue weighted by atomic mass is 32.2. The predicted molar refractivity (Wildman–Crippen MR) is 63.6 cm³/mol. The number of benzene rings is 1. The molecule has 0 aliphatic heterocycles. The third kappa shape index (κ3) is 3.94. The van der Waals surface area contributed by atoms with Crippen molar-refractivity contribution in [3.63, 3.8) is 0 Å². The van der Waals surface area contributed by atoms with E-state index in [2.05, 4.69) is 6.07 Å². The second-order valence-electron chi connectivity index (χ2n) is 3.57. The first-order chi connectivity index (χ1) is 7.13. The van der Waals surface area contributed by atoms with Crippen LogP contribution < -0.4 is 0 Å². The highest BCUT2D eigenvalue weighted by Gasteiger charge is 2.08. The summed E-state index contributed by atoms with van der Waals surface area (Å²) in [6.07, 6.45) is -0.297. The summed E-state index contributed by atoms with van der Waals surface area (Å²) in [5, 5.41) is 18.3. The topological polar surface area (TPSA) is 44.0 Å². The van der Waals surface area contributed by atoms with E-state index in [1.54, 1.807) is 24.8 Å². The monoisotopic (exact) mass is 221 g/mol. The lowest BCUT2D eigenvalue weighted by Gasteiger charge is -2.13. The van der Waals surface area contributed by atoms with Crippen molar-refractivity contribution >= 4 is 11.8 Å². The normalized spacial score (nSPS) is 14.3. The standard InChI is InChI=1S/C12H15NOS/c1-9(14)10(2)15-8-12-5-3-4-11(6-12)7-13/h3-6,9-10,14H,8H2,1-2H3/t9-,10-/m0/s1. The summed E-state index contributed by atoms with van der Waals surface area (Å²) in [6.45, 7) is 3.80. The highest BCUT2D eigenvalue weighted by Crippen LogP contribution is 2.20. The Labute approximate surface area is 94.9 Å². The number of hydrogen-bond acceptors (Lipinski definition) is 3. The Morgan fingerprint density at radius 1 is 1.47 bits per heavy atom. The van der Waals surface area contributed by atoms with E-state index in [0.717, 1.165) is 11.3 Å². The molecule has 2 nitrogen and oxygen atoms in total. The van der Waals surface area contributed by atoms with Gasteiger partial charge in [-0.05, 0) is 24.6 Å². The minimum absolute atomic E-state index is 0.218. The molecular weight excluding hydrogens is 206 g/mol. The number of aliphatic hydroxyl groups excluding tert-OH is 1. The Morgan fingerprint density at radius 2 is 2.20 bits per heavy atom. The largest absolute Gasteiger partial charge is 0.392 e. The van der Waals surface area contributed by atoms with Crippen LogP contribution in [0, 0.1) is 11.3 Å². The van der Waals surface area contributed by atoms with Crippen LogP contribution in [0.4, 0.5) is 0 Å². The Balaban J connectivity index is 2.55.